The fourth-order valence-corrected chi connectivity index (χ4v) is 1.87. The number of nitrogens with zero attached hydrogens (tertiary/aromatic N) is 2. The number of benzene rings is 1. The van der Waals surface area contributed by atoms with E-state index in [-0.39, 0.29) is 17.6 Å². The maximum atomic E-state index is 13.5. The Morgan fingerprint density at radius 2 is 2.28 bits per heavy atom. The molecule has 0 aromatic heterocycles. The van der Waals surface area contributed by atoms with Crippen LogP contribution in [-0.2, 0) is 6.54 Å². The fraction of sp³-hybridized carbons (Fsp3) is 0.417. The van der Waals surface area contributed by atoms with Crippen molar-refractivity contribution in [1.82, 2.24) is 4.90 Å². The fourth-order valence-electron chi connectivity index (χ4n) is 1.68. The Morgan fingerprint density at radius 1 is 1.61 bits per heavy atom. The molecule has 1 aromatic rings. The molecule has 4 nitrogen and oxygen atoms in total. The summed E-state index contributed by atoms with van der Waals surface area (Å²) in [5.74, 6) is -0.238. The van der Waals surface area contributed by atoms with Crippen molar-refractivity contribution in [2.45, 2.75) is 13.5 Å². The summed E-state index contributed by atoms with van der Waals surface area (Å²) >= 11 is 5.82. The van der Waals surface area contributed by atoms with Gasteiger partial charge in [-0.05, 0) is 25.2 Å². The van der Waals surface area contributed by atoms with E-state index in [1.165, 1.54) is 12.1 Å². The summed E-state index contributed by atoms with van der Waals surface area (Å²) in [4.78, 5) is 1.89. The third kappa shape index (κ3) is 4.16. The number of rotatable bonds is 5. The van der Waals surface area contributed by atoms with E-state index in [1.807, 2.05) is 18.9 Å². The maximum absolute atomic E-state index is 13.5. The average molecular weight is 274 g/mol. The van der Waals surface area contributed by atoms with Gasteiger partial charge >= 0.3 is 0 Å². The molecule has 0 saturated carbocycles. The largest absolute Gasteiger partial charge is 0.409 e. The van der Waals surface area contributed by atoms with Crippen LogP contribution in [0.25, 0.3) is 0 Å². The van der Waals surface area contributed by atoms with Crippen molar-refractivity contribution in [1.29, 1.82) is 0 Å². The monoisotopic (exact) mass is 273 g/mol. The molecule has 0 radical (unpaired) electrons. The number of halogens is 2. The minimum absolute atomic E-state index is 0.109. The number of hydrogen-bond donors (Lipinski definition) is 2. The van der Waals surface area contributed by atoms with Crippen LogP contribution >= 0.6 is 11.6 Å². The normalized spacial score (nSPS) is 13.9. The van der Waals surface area contributed by atoms with E-state index in [1.54, 1.807) is 6.07 Å². The first-order valence-electron chi connectivity index (χ1n) is 5.54. The Balaban J connectivity index is 2.64. The molecule has 1 rings (SSSR count). The van der Waals surface area contributed by atoms with E-state index in [9.17, 15) is 4.39 Å². The van der Waals surface area contributed by atoms with Gasteiger partial charge in [-0.1, -0.05) is 23.7 Å². The van der Waals surface area contributed by atoms with Gasteiger partial charge in [-0.15, -0.1) is 0 Å². The zero-order valence-electron chi connectivity index (χ0n) is 10.4. The van der Waals surface area contributed by atoms with Gasteiger partial charge in [0.1, 0.15) is 11.7 Å². The second-order valence-corrected chi connectivity index (χ2v) is 4.79. The molecular formula is C12H17ClFN3O. The molecule has 6 heteroatoms. The van der Waals surface area contributed by atoms with Crippen molar-refractivity contribution < 1.29 is 9.60 Å². The Labute approximate surface area is 111 Å². The zero-order valence-corrected chi connectivity index (χ0v) is 11.2. The van der Waals surface area contributed by atoms with Gasteiger partial charge in [-0.2, -0.15) is 0 Å². The van der Waals surface area contributed by atoms with Crippen LogP contribution in [0.2, 0.25) is 5.02 Å². The molecule has 0 aliphatic heterocycles. The van der Waals surface area contributed by atoms with E-state index >= 15 is 0 Å². The molecule has 0 bridgehead atoms. The van der Waals surface area contributed by atoms with Crippen molar-refractivity contribution in [2.75, 3.05) is 13.6 Å². The Hall–Kier alpha value is -1.33. The maximum Gasteiger partial charge on any atom is 0.143 e. The molecule has 0 aliphatic carbocycles. The summed E-state index contributed by atoms with van der Waals surface area (Å²) in [6.07, 6.45) is 0. The third-order valence-corrected chi connectivity index (χ3v) is 2.89. The van der Waals surface area contributed by atoms with Crippen LogP contribution in [0.4, 0.5) is 4.39 Å². The van der Waals surface area contributed by atoms with Crippen LogP contribution in [0.1, 0.15) is 12.5 Å². The van der Waals surface area contributed by atoms with Gasteiger partial charge in [0.2, 0.25) is 0 Å². The predicted octanol–water partition coefficient (Wildman–Crippen LogP) is 2.29. The third-order valence-electron chi connectivity index (χ3n) is 2.65. The Morgan fingerprint density at radius 3 is 2.89 bits per heavy atom. The van der Waals surface area contributed by atoms with Crippen LogP contribution in [-0.4, -0.2) is 29.5 Å². The first-order valence-corrected chi connectivity index (χ1v) is 5.91. The average Bonchev–Trinajstić information content (AvgIpc) is 2.32. The van der Waals surface area contributed by atoms with E-state index in [0.29, 0.717) is 23.7 Å². The molecule has 1 atom stereocenters. The molecular weight excluding hydrogens is 257 g/mol. The van der Waals surface area contributed by atoms with Crippen LogP contribution in [0, 0.1) is 11.7 Å². The van der Waals surface area contributed by atoms with Crippen molar-refractivity contribution in [2.24, 2.45) is 16.8 Å². The topological polar surface area (TPSA) is 61.8 Å². The summed E-state index contributed by atoms with van der Waals surface area (Å²) in [5, 5.41) is 12.0. The number of amidine groups is 1. The standard InChI is InChI=1S/C12H17ClFN3O/c1-8(12(15)16-18)6-17(2)7-9-5-10(13)3-4-11(9)14/h3-5,8,18H,6-7H2,1-2H3,(H2,15,16). The summed E-state index contributed by atoms with van der Waals surface area (Å²) in [6, 6.07) is 4.46. The minimum Gasteiger partial charge on any atom is -0.409 e. The lowest BCUT2D eigenvalue weighted by molar-refractivity contribution is 0.288. The smallest absolute Gasteiger partial charge is 0.143 e. The molecule has 0 saturated heterocycles. The van der Waals surface area contributed by atoms with Crippen molar-refractivity contribution in [3.8, 4) is 0 Å². The summed E-state index contributed by atoms with van der Waals surface area (Å²) in [7, 11) is 1.83. The van der Waals surface area contributed by atoms with Gasteiger partial charge in [0.05, 0.1) is 0 Å². The molecule has 0 fully saturated rings. The molecule has 100 valence electrons. The van der Waals surface area contributed by atoms with Gasteiger partial charge in [0.15, 0.2) is 0 Å². The molecule has 0 spiro atoms. The molecule has 3 N–H and O–H groups in total. The summed E-state index contributed by atoms with van der Waals surface area (Å²) in [6.45, 7) is 2.80. The molecule has 0 heterocycles. The van der Waals surface area contributed by atoms with Gasteiger partial charge in [0.25, 0.3) is 0 Å². The number of nitrogens with two attached hydrogens (primary N) is 1. The number of oxime groups is 1. The quantitative estimate of drug-likeness (QED) is 0.374. The van der Waals surface area contributed by atoms with Crippen LogP contribution in [0.5, 0.6) is 0 Å². The SMILES string of the molecule is CC(CN(C)Cc1cc(Cl)ccc1F)/C(N)=N/O. The highest BCUT2D eigenvalue weighted by molar-refractivity contribution is 6.30. The van der Waals surface area contributed by atoms with Crippen LogP contribution in [0.3, 0.4) is 0 Å². The predicted molar refractivity (Wildman–Crippen MR) is 70.3 cm³/mol. The second-order valence-electron chi connectivity index (χ2n) is 4.36. The van der Waals surface area contributed by atoms with Gasteiger partial charge < -0.3 is 15.8 Å². The Kier molecular flexibility index (Phi) is 5.37. The summed E-state index contributed by atoms with van der Waals surface area (Å²) < 4.78 is 13.5. The highest BCUT2D eigenvalue weighted by Crippen LogP contribution is 2.16. The van der Waals surface area contributed by atoms with Gasteiger partial charge in [0, 0.05) is 29.6 Å². The molecule has 1 aromatic carbocycles. The first kappa shape index (κ1) is 14.7. The van der Waals surface area contributed by atoms with Crippen LogP contribution < -0.4 is 5.73 Å². The van der Waals surface area contributed by atoms with E-state index in [2.05, 4.69) is 5.16 Å². The summed E-state index contributed by atoms with van der Waals surface area (Å²) in [5.41, 5.74) is 6.02. The lowest BCUT2D eigenvalue weighted by atomic mass is 10.1. The van der Waals surface area contributed by atoms with Crippen molar-refractivity contribution in [3.63, 3.8) is 0 Å². The van der Waals surface area contributed by atoms with E-state index in [0.717, 1.165) is 0 Å². The highest BCUT2D eigenvalue weighted by atomic mass is 35.5. The zero-order chi connectivity index (χ0) is 13.7. The Bertz CT molecular complexity index is 439. The molecule has 0 aliphatic rings. The molecule has 0 amide bonds. The first-order chi connectivity index (χ1) is 8.43. The number of hydrogen-bond acceptors (Lipinski definition) is 3. The van der Waals surface area contributed by atoms with E-state index < -0.39 is 0 Å². The lowest BCUT2D eigenvalue weighted by Crippen LogP contribution is -2.32. The highest BCUT2D eigenvalue weighted by Gasteiger charge is 2.12. The second kappa shape index (κ2) is 6.56. The lowest BCUT2D eigenvalue weighted by Gasteiger charge is -2.20. The molecule has 1 unspecified atom stereocenters. The minimum atomic E-state index is -0.289. The van der Waals surface area contributed by atoms with Crippen molar-refractivity contribution in [3.05, 3.63) is 34.6 Å². The van der Waals surface area contributed by atoms with Gasteiger partial charge in [-0.3, -0.25) is 0 Å². The van der Waals surface area contributed by atoms with Crippen molar-refractivity contribution >= 4 is 17.4 Å². The van der Waals surface area contributed by atoms with E-state index in [4.69, 9.17) is 22.5 Å². The molecule has 18 heavy (non-hydrogen) atoms. The van der Waals surface area contributed by atoms with Crippen LogP contribution in [0.15, 0.2) is 23.4 Å². The van der Waals surface area contributed by atoms with Gasteiger partial charge in [-0.25, -0.2) is 4.39 Å².